The molecule has 0 aliphatic heterocycles. The number of fused-ring (bicyclic) bond motifs is 3. The van der Waals surface area contributed by atoms with Crippen LogP contribution in [0.3, 0.4) is 0 Å². The van der Waals surface area contributed by atoms with Gasteiger partial charge in [0.25, 0.3) is 0 Å². The van der Waals surface area contributed by atoms with Crippen LogP contribution in [-0.4, -0.2) is 64.1 Å². The first-order valence-corrected chi connectivity index (χ1v) is 11.9. The molecule has 0 radical (unpaired) electrons. The Morgan fingerprint density at radius 3 is 2.50 bits per heavy atom. The van der Waals surface area contributed by atoms with Crippen LogP contribution in [0.15, 0.2) is 17.7 Å². The van der Waals surface area contributed by atoms with E-state index >= 15 is 0 Å². The van der Waals surface area contributed by atoms with Crippen molar-refractivity contribution in [3.8, 4) is 5.75 Å². The summed E-state index contributed by atoms with van der Waals surface area (Å²) in [5.41, 5.74) is 6.48. The summed E-state index contributed by atoms with van der Waals surface area (Å²) >= 11 is 0. The van der Waals surface area contributed by atoms with E-state index in [9.17, 15) is 29.4 Å². The van der Waals surface area contributed by atoms with Crippen molar-refractivity contribution in [1.82, 2.24) is 4.90 Å². The standard InChI is InChI=1S/C26H30N2O6/c1-28(2)21-17-10-14-9-15-13(8-12-4-3-5-12)6-7-18(29)20(15)23(31)19(14)24(32)26(17,34)11-16(22(21)30)25(27)33/h6-8,14,16-17,19,21,29,34H,3-5,9-11H2,1-2H3,(H2,27,33). The molecule has 0 aromatic heterocycles. The summed E-state index contributed by atoms with van der Waals surface area (Å²) in [6.07, 6.45) is 5.50. The van der Waals surface area contributed by atoms with Gasteiger partial charge in [-0.2, -0.15) is 0 Å². The fourth-order valence-corrected chi connectivity index (χ4v) is 6.62. The Morgan fingerprint density at radius 1 is 1.21 bits per heavy atom. The van der Waals surface area contributed by atoms with Crippen LogP contribution >= 0.6 is 0 Å². The van der Waals surface area contributed by atoms with Crippen LogP contribution in [0.1, 0.15) is 53.6 Å². The van der Waals surface area contributed by atoms with Crippen LogP contribution in [0, 0.1) is 23.7 Å². The molecule has 180 valence electrons. The van der Waals surface area contributed by atoms with Gasteiger partial charge in [0.15, 0.2) is 17.3 Å². The molecular formula is C26H30N2O6. The van der Waals surface area contributed by atoms with Gasteiger partial charge in [0.05, 0.1) is 17.5 Å². The number of phenolic OH excluding ortho intramolecular Hbond substituents is 1. The van der Waals surface area contributed by atoms with E-state index in [0.717, 1.165) is 30.4 Å². The summed E-state index contributed by atoms with van der Waals surface area (Å²) in [5, 5.41) is 22.2. The van der Waals surface area contributed by atoms with Crippen molar-refractivity contribution < 1.29 is 29.4 Å². The molecule has 6 unspecified atom stereocenters. The lowest BCUT2D eigenvalue weighted by Crippen LogP contribution is -2.69. The molecule has 6 atom stereocenters. The maximum Gasteiger partial charge on any atom is 0.228 e. The Balaban J connectivity index is 1.60. The van der Waals surface area contributed by atoms with Gasteiger partial charge in [-0.05, 0) is 69.3 Å². The smallest absolute Gasteiger partial charge is 0.228 e. The zero-order valence-corrected chi connectivity index (χ0v) is 19.4. The fraction of sp³-hybridized carbons (Fsp3) is 0.538. The van der Waals surface area contributed by atoms with Gasteiger partial charge in [0.1, 0.15) is 17.3 Å². The van der Waals surface area contributed by atoms with Gasteiger partial charge in [-0.25, -0.2) is 0 Å². The zero-order chi connectivity index (χ0) is 24.5. The largest absolute Gasteiger partial charge is 0.507 e. The highest BCUT2D eigenvalue weighted by Crippen LogP contribution is 2.52. The highest BCUT2D eigenvalue weighted by atomic mass is 16.3. The van der Waals surface area contributed by atoms with Gasteiger partial charge in [0, 0.05) is 12.3 Å². The maximum atomic E-state index is 13.8. The maximum absolute atomic E-state index is 13.8. The number of hydrogen-bond donors (Lipinski definition) is 3. The number of allylic oxidation sites excluding steroid dienone is 1. The molecule has 3 fully saturated rings. The second kappa shape index (κ2) is 7.85. The average molecular weight is 467 g/mol. The monoisotopic (exact) mass is 466 g/mol. The minimum absolute atomic E-state index is 0.146. The van der Waals surface area contributed by atoms with Crippen LogP contribution in [0.5, 0.6) is 5.75 Å². The van der Waals surface area contributed by atoms with Crippen molar-refractivity contribution in [2.45, 2.75) is 50.2 Å². The third kappa shape index (κ3) is 3.19. The number of carbonyl (C=O) groups is 4. The van der Waals surface area contributed by atoms with Crippen LogP contribution < -0.4 is 5.73 Å². The van der Waals surface area contributed by atoms with Crippen LogP contribution in [0.4, 0.5) is 0 Å². The number of aromatic hydroxyl groups is 1. The van der Waals surface area contributed by atoms with Gasteiger partial charge >= 0.3 is 0 Å². The van der Waals surface area contributed by atoms with Crippen LogP contribution in [0.25, 0.3) is 6.08 Å². The summed E-state index contributed by atoms with van der Waals surface area (Å²) in [6, 6.07) is 2.42. The zero-order valence-electron chi connectivity index (χ0n) is 19.4. The Kier molecular flexibility index (Phi) is 5.29. The van der Waals surface area contributed by atoms with Gasteiger partial charge in [-0.1, -0.05) is 17.7 Å². The van der Waals surface area contributed by atoms with E-state index in [-0.39, 0.29) is 17.7 Å². The van der Waals surface area contributed by atoms with E-state index in [4.69, 9.17) is 5.73 Å². The number of primary amides is 1. The second-order valence-corrected chi connectivity index (χ2v) is 10.6. The summed E-state index contributed by atoms with van der Waals surface area (Å²) < 4.78 is 0. The van der Waals surface area contributed by atoms with Crippen molar-refractivity contribution in [3.63, 3.8) is 0 Å². The van der Waals surface area contributed by atoms with E-state index in [1.54, 1.807) is 25.1 Å². The molecule has 8 nitrogen and oxygen atoms in total. The van der Waals surface area contributed by atoms with Crippen molar-refractivity contribution in [2.75, 3.05) is 14.1 Å². The predicted octanol–water partition coefficient (Wildman–Crippen LogP) is 1.26. The SMILES string of the molecule is CN(C)C1C(=O)C(C(N)=O)CC2(O)C(=O)C3C(=O)c4c(O)ccc(C=C5CCC5)c4CC3CC12. The molecule has 1 aromatic rings. The molecule has 3 saturated carbocycles. The van der Waals surface area contributed by atoms with Crippen molar-refractivity contribution >= 4 is 29.3 Å². The number of nitrogens with two attached hydrogens (primary N) is 1. The number of phenols is 1. The molecule has 4 aliphatic rings. The molecule has 0 bridgehead atoms. The highest BCUT2D eigenvalue weighted by Gasteiger charge is 2.64. The molecular weight excluding hydrogens is 436 g/mol. The van der Waals surface area contributed by atoms with E-state index in [1.807, 2.05) is 0 Å². The van der Waals surface area contributed by atoms with Gasteiger partial charge < -0.3 is 15.9 Å². The number of aliphatic hydroxyl groups is 1. The first-order valence-electron chi connectivity index (χ1n) is 11.9. The lowest BCUT2D eigenvalue weighted by molar-refractivity contribution is -0.176. The molecule has 4 aliphatic carbocycles. The summed E-state index contributed by atoms with van der Waals surface area (Å²) in [4.78, 5) is 54.2. The normalized spacial score (nSPS) is 34.8. The number of ketones is 3. The number of hydrogen-bond acceptors (Lipinski definition) is 7. The average Bonchev–Trinajstić information content (AvgIpc) is 2.72. The topological polar surface area (TPSA) is 138 Å². The van der Waals surface area contributed by atoms with E-state index < -0.39 is 65.0 Å². The molecule has 4 N–H and O–H groups in total. The van der Waals surface area contributed by atoms with Crippen molar-refractivity contribution in [3.05, 3.63) is 34.4 Å². The third-order valence-corrected chi connectivity index (χ3v) is 8.46. The molecule has 0 heterocycles. The van der Waals surface area contributed by atoms with E-state index in [2.05, 4.69) is 6.08 Å². The fourth-order valence-electron chi connectivity index (χ4n) is 6.62. The van der Waals surface area contributed by atoms with Gasteiger partial charge in [-0.15, -0.1) is 0 Å². The van der Waals surface area contributed by atoms with Gasteiger partial charge in [0.2, 0.25) is 5.91 Å². The first kappa shape index (κ1) is 22.9. The van der Waals surface area contributed by atoms with E-state index in [0.29, 0.717) is 6.42 Å². The molecule has 8 heteroatoms. The summed E-state index contributed by atoms with van der Waals surface area (Å²) in [6.45, 7) is 0. The Labute approximate surface area is 197 Å². The number of nitrogens with zero attached hydrogens (tertiary/aromatic N) is 1. The molecule has 34 heavy (non-hydrogen) atoms. The number of carbonyl (C=O) groups excluding carboxylic acids is 4. The number of likely N-dealkylation sites (N-methyl/N-ethyl adjacent to an activating group) is 1. The van der Waals surface area contributed by atoms with Crippen LogP contribution in [-0.2, 0) is 20.8 Å². The molecule has 0 spiro atoms. The first-order chi connectivity index (χ1) is 16.0. The quantitative estimate of drug-likeness (QED) is 0.570. The Morgan fingerprint density at radius 2 is 1.91 bits per heavy atom. The summed E-state index contributed by atoms with van der Waals surface area (Å²) in [7, 11) is 3.34. The lowest BCUT2D eigenvalue weighted by Gasteiger charge is -2.53. The van der Waals surface area contributed by atoms with Crippen molar-refractivity contribution in [1.29, 1.82) is 0 Å². The minimum atomic E-state index is -2.02. The highest BCUT2D eigenvalue weighted by molar-refractivity contribution is 6.17. The second-order valence-electron chi connectivity index (χ2n) is 10.6. The molecule has 1 amide bonds. The van der Waals surface area contributed by atoms with Gasteiger partial charge in [-0.3, -0.25) is 24.1 Å². The number of benzene rings is 1. The Bertz CT molecular complexity index is 1150. The Hall–Kier alpha value is -2.84. The minimum Gasteiger partial charge on any atom is -0.507 e. The van der Waals surface area contributed by atoms with E-state index in [1.165, 1.54) is 11.6 Å². The number of amides is 1. The molecule has 0 saturated heterocycles. The lowest BCUT2D eigenvalue weighted by atomic mass is 9.52. The molecule has 5 rings (SSSR count). The van der Waals surface area contributed by atoms with Crippen molar-refractivity contribution in [2.24, 2.45) is 29.4 Å². The third-order valence-electron chi connectivity index (χ3n) is 8.46. The summed E-state index contributed by atoms with van der Waals surface area (Å²) in [5.74, 6) is -6.20. The number of Topliss-reactive ketones (excluding diaryl/α,β-unsaturated/α-hetero) is 3. The van der Waals surface area contributed by atoms with Crippen LogP contribution in [0.2, 0.25) is 0 Å². The number of rotatable bonds is 3. The molecule has 1 aromatic carbocycles. The predicted molar refractivity (Wildman–Crippen MR) is 123 cm³/mol.